The number of anilines is 2. The number of benzene rings is 1. The Bertz CT molecular complexity index is 639. The summed E-state index contributed by atoms with van der Waals surface area (Å²) < 4.78 is 5.11. The van der Waals surface area contributed by atoms with E-state index < -0.39 is 11.8 Å². The third kappa shape index (κ3) is 3.20. The molecule has 118 valence electrons. The van der Waals surface area contributed by atoms with Crippen molar-refractivity contribution in [1.29, 1.82) is 0 Å². The molecule has 1 aromatic rings. The Kier molecular flexibility index (Phi) is 4.67. The minimum absolute atomic E-state index is 0.0305. The Hall–Kier alpha value is -2.54. The van der Waals surface area contributed by atoms with Gasteiger partial charge in [0.2, 0.25) is 11.7 Å². The van der Waals surface area contributed by atoms with E-state index in [1.165, 1.54) is 0 Å². The molecule has 3 N–H and O–H groups in total. The lowest BCUT2D eigenvalue weighted by Crippen LogP contribution is -2.21. The van der Waals surface area contributed by atoms with Crippen LogP contribution in [0.25, 0.3) is 0 Å². The number of ether oxygens (including phenoxy) is 1. The lowest BCUT2D eigenvalue weighted by molar-refractivity contribution is -0.134. The maximum Gasteiger partial charge on any atom is 0.344 e. The number of hydrogen-bond donors (Lipinski definition) is 3. The number of aryl methyl sites for hydroxylation is 1. The van der Waals surface area contributed by atoms with Crippen molar-refractivity contribution in [1.82, 2.24) is 0 Å². The molecule has 7 nitrogen and oxygen atoms in total. The van der Waals surface area contributed by atoms with Gasteiger partial charge in [-0.25, -0.2) is 4.79 Å². The van der Waals surface area contributed by atoms with Crippen molar-refractivity contribution in [3.05, 3.63) is 35.2 Å². The number of aliphatic hydroxyl groups excluding tert-OH is 1. The van der Waals surface area contributed by atoms with Gasteiger partial charge < -0.3 is 25.2 Å². The van der Waals surface area contributed by atoms with Crippen LogP contribution in [0.4, 0.5) is 11.4 Å². The lowest BCUT2D eigenvalue weighted by Gasteiger charge is -2.20. The second-order valence-electron chi connectivity index (χ2n) is 4.99. The molecule has 22 heavy (non-hydrogen) atoms. The molecule has 0 saturated heterocycles. The Morgan fingerprint density at radius 1 is 1.45 bits per heavy atom. The van der Waals surface area contributed by atoms with Crippen molar-refractivity contribution in [2.24, 2.45) is 0 Å². The number of rotatable bonds is 6. The molecule has 1 heterocycles. The second-order valence-corrected chi connectivity index (χ2v) is 4.99. The average molecular weight is 306 g/mol. The maximum absolute atomic E-state index is 11.5. The predicted octanol–water partition coefficient (Wildman–Crippen LogP) is 0.731. The molecule has 0 fully saturated rings. The molecular weight excluding hydrogens is 288 g/mol. The van der Waals surface area contributed by atoms with Gasteiger partial charge in [0.05, 0.1) is 6.61 Å². The number of aliphatic hydroxyl groups is 1. The van der Waals surface area contributed by atoms with Crippen LogP contribution in [0, 0.1) is 6.92 Å². The zero-order valence-electron chi connectivity index (χ0n) is 12.4. The molecule has 0 atom stereocenters. The first-order valence-electron chi connectivity index (χ1n) is 6.77. The summed E-state index contributed by atoms with van der Waals surface area (Å²) in [5.41, 5.74) is 2.08. The first kappa shape index (κ1) is 15.8. The summed E-state index contributed by atoms with van der Waals surface area (Å²) in [6.07, 6.45) is 0. The minimum Gasteiger partial charge on any atom is -0.477 e. The molecule has 0 spiro atoms. The van der Waals surface area contributed by atoms with Crippen LogP contribution in [0.2, 0.25) is 0 Å². The molecule has 2 rings (SSSR count). The van der Waals surface area contributed by atoms with E-state index >= 15 is 0 Å². The molecule has 0 aromatic heterocycles. The number of likely N-dealkylation sites (N-methyl/N-ethyl adjacent to an activating group) is 1. The fourth-order valence-corrected chi connectivity index (χ4v) is 2.15. The van der Waals surface area contributed by atoms with Crippen LogP contribution >= 0.6 is 0 Å². The van der Waals surface area contributed by atoms with Crippen LogP contribution in [0.1, 0.15) is 5.56 Å². The summed E-state index contributed by atoms with van der Waals surface area (Å²) in [5, 5.41) is 20.9. The molecule has 0 aliphatic carbocycles. The van der Waals surface area contributed by atoms with Crippen molar-refractivity contribution in [3.8, 4) is 0 Å². The number of nitrogens with zero attached hydrogens (tertiary/aromatic N) is 1. The monoisotopic (exact) mass is 306 g/mol. The number of carboxylic acids is 1. The molecule has 0 radical (unpaired) electrons. The molecule has 1 aromatic carbocycles. The highest BCUT2D eigenvalue weighted by Gasteiger charge is 2.31. The van der Waals surface area contributed by atoms with Gasteiger partial charge in [0, 0.05) is 25.0 Å². The van der Waals surface area contributed by atoms with Gasteiger partial charge in [0.25, 0.3) is 0 Å². The summed E-state index contributed by atoms with van der Waals surface area (Å²) in [5.74, 6) is -1.88. The van der Waals surface area contributed by atoms with E-state index in [-0.39, 0.29) is 24.7 Å². The van der Waals surface area contributed by atoms with Gasteiger partial charge in [-0.05, 0) is 30.7 Å². The van der Waals surface area contributed by atoms with Crippen LogP contribution in [-0.4, -0.2) is 48.8 Å². The summed E-state index contributed by atoms with van der Waals surface area (Å²) in [4.78, 5) is 24.5. The van der Waals surface area contributed by atoms with Gasteiger partial charge in [-0.2, -0.15) is 0 Å². The van der Waals surface area contributed by atoms with E-state index in [1.54, 1.807) is 6.07 Å². The van der Waals surface area contributed by atoms with Gasteiger partial charge in [-0.15, -0.1) is 0 Å². The quantitative estimate of drug-likeness (QED) is 0.666. The Balaban J connectivity index is 2.24. The van der Waals surface area contributed by atoms with Gasteiger partial charge in [-0.1, -0.05) is 0 Å². The zero-order valence-corrected chi connectivity index (χ0v) is 12.4. The smallest absolute Gasteiger partial charge is 0.344 e. The molecule has 1 aliphatic heterocycles. The predicted molar refractivity (Wildman–Crippen MR) is 80.8 cm³/mol. The van der Waals surface area contributed by atoms with E-state index in [4.69, 9.17) is 14.9 Å². The number of nitrogens with one attached hydrogen (secondary N) is 1. The highest BCUT2D eigenvalue weighted by Crippen LogP contribution is 2.25. The zero-order chi connectivity index (χ0) is 16.3. The van der Waals surface area contributed by atoms with Crippen molar-refractivity contribution in [3.63, 3.8) is 0 Å². The van der Waals surface area contributed by atoms with E-state index in [0.717, 1.165) is 11.3 Å². The number of aliphatic carboxylic acids is 1. The highest BCUT2D eigenvalue weighted by molar-refractivity contribution is 6.19. The Morgan fingerprint density at radius 2 is 2.18 bits per heavy atom. The van der Waals surface area contributed by atoms with Gasteiger partial charge >= 0.3 is 5.97 Å². The largest absolute Gasteiger partial charge is 0.477 e. The van der Waals surface area contributed by atoms with Crippen molar-refractivity contribution >= 4 is 23.1 Å². The van der Waals surface area contributed by atoms with Gasteiger partial charge in [0.15, 0.2) is 12.2 Å². The number of Topliss-reactive ketones (excluding diaryl/α,β-unsaturated/α-hetero) is 1. The van der Waals surface area contributed by atoms with Crippen LogP contribution in [-0.2, 0) is 14.3 Å². The van der Waals surface area contributed by atoms with E-state index in [0.29, 0.717) is 12.2 Å². The third-order valence-electron chi connectivity index (χ3n) is 3.40. The molecule has 0 bridgehead atoms. The van der Waals surface area contributed by atoms with E-state index in [2.05, 4.69) is 5.32 Å². The fourth-order valence-electron chi connectivity index (χ4n) is 2.15. The number of carboxylic acid groups (broad SMARTS) is 1. The molecule has 0 saturated carbocycles. The summed E-state index contributed by atoms with van der Waals surface area (Å²) in [7, 11) is 1.86. The van der Waals surface area contributed by atoms with E-state index in [1.807, 2.05) is 31.0 Å². The SMILES string of the molecule is Cc1cc(N(C)CCO)ccc1NC1=C(C(=O)O)C(=O)CO1. The Labute approximate surface area is 127 Å². The number of hydrogen-bond acceptors (Lipinski definition) is 6. The summed E-state index contributed by atoms with van der Waals surface area (Å²) in [6, 6.07) is 5.51. The number of ketones is 1. The summed E-state index contributed by atoms with van der Waals surface area (Å²) in [6.45, 7) is 2.16. The maximum atomic E-state index is 11.5. The van der Waals surface area contributed by atoms with Gasteiger partial charge in [-0.3, -0.25) is 4.79 Å². The molecule has 1 aliphatic rings. The lowest BCUT2D eigenvalue weighted by atomic mass is 10.1. The van der Waals surface area contributed by atoms with Crippen molar-refractivity contribution in [2.75, 3.05) is 37.0 Å². The molecule has 0 unspecified atom stereocenters. The summed E-state index contributed by atoms with van der Waals surface area (Å²) >= 11 is 0. The average Bonchev–Trinajstić information content (AvgIpc) is 2.82. The molecule has 7 heteroatoms. The van der Waals surface area contributed by atoms with Crippen LogP contribution in [0.5, 0.6) is 0 Å². The van der Waals surface area contributed by atoms with Crippen molar-refractivity contribution < 1.29 is 24.5 Å². The standard InChI is InChI=1S/C15H18N2O5/c1-9-7-10(17(2)5-6-18)3-4-11(9)16-14-13(15(20)21)12(19)8-22-14/h3-4,7,16,18H,5-6,8H2,1-2H3,(H,20,21). The number of carbonyl (C=O) groups excluding carboxylic acids is 1. The molecular formula is C15H18N2O5. The van der Waals surface area contributed by atoms with Crippen LogP contribution in [0.15, 0.2) is 29.7 Å². The van der Waals surface area contributed by atoms with Gasteiger partial charge in [0.1, 0.15) is 0 Å². The number of carbonyl (C=O) groups is 2. The third-order valence-corrected chi connectivity index (χ3v) is 3.40. The fraction of sp³-hybridized carbons (Fsp3) is 0.333. The van der Waals surface area contributed by atoms with Crippen LogP contribution < -0.4 is 10.2 Å². The van der Waals surface area contributed by atoms with Crippen molar-refractivity contribution in [2.45, 2.75) is 6.92 Å². The Morgan fingerprint density at radius 3 is 2.77 bits per heavy atom. The highest BCUT2D eigenvalue weighted by atomic mass is 16.5. The van der Waals surface area contributed by atoms with Crippen LogP contribution in [0.3, 0.4) is 0 Å². The normalized spacial score (nSPS) is 14.0. The first-order chi connectivity index (χ1) is 10.4. The first-order valence-corrected chi connectivity index (χ1v) is 6.77. The topological polar surface area (TPSA) is 99.1 Å². The molecule has 0 amide bonds. The minimum atomic E-state index is -1.30. The van der Waals surface area contributed by atoms with E-state index in [9.17, 15) is 9.59 Å². The second kappa shape index (κ2) is 6.48.